The van der Waals surface area contributed by atoms with E-state index >= 15 is 0 Å². The lowest BCUT2D eigenvalue weighted by atomic mass is 9.84. The van der Waals surface area contributed by atoms with Crippen LogP contribution in [0, 0.1) is 0 Å². The van der Waals surface area contributed by atoms with Gasteiger partial charge in [-0.25, -0.2) is 4.79 Å². The molecule has 2 amide bonds. The van der Waals surface area contributed by atoms with Gasteiger partial charge in [-0.05, 0) is 35.4 Å². The second kappa shape index (κ2) is 9.19. The first-order valence-electron chi connectivity index (χ1n) is 9.67. The molecule has 2 aromatic rings. The fraction of sp³-hybridized carbons (Fsp3) is 0.409. The maximum Gasteiger partial charge on any atom is 0.387 e. The summed E-state index contributed by atoms with van der Waals surface area (Å²) in [4.78, 5) is 14.0. The molecule has 0 bridgehead atoms. The SMILES string of the molecule is CN(Cc1ccc(OC(F)F)cc1)C(=O)NCC(C)(C)c1ccc2c(c1)OCCO2. The van der Waals surface area contributed by atoms with E-state index in [1.165, 1.54) is 17.0 Å². The van der Waals surface area contributed by atoms with Gasteiger partial charge in [0.05, 0.1) is 0 Å². The molecule has 1 heterocycles. The van der Waals surface area contributed by atoms with Crippen molar-refractivity contribution in [2.75, 3.05) is 26.8 Å². The van der Waals surface area contributed by atoms with Gasteiger partial charge >= 0.3 is 12.6 Å². The number of nitrogens with one attached hydrogen (secondary N) is 1. The zero-order chi connectivity index (χ0) is 21.7. The average Bonchev–Trinajstić information content (AvgIpc) is 2.72. The highest BCUT2D eigenvalue weighted by Gasteiger charge is 2.25. The number of amides is 2. The summed E-state index contributed by atoms with van der Waals surface area (Å²) in [6, 6.07) is 11.8. The van der Waals surface area contributed by atoms with Crippen LogP contribution in [0.1, 0.15) is 25.0 Å². The number of ether oxygens (including phenoxy) is 3. The molecule has 0 fully saturated rings. The fourth-order valence-corrected chi connectivity index (χ4v) is 3.12. The molecule has 0 radical (unpaired) electrons. The number of carbonyl (C=O) groups excluding carboxylic acids is 1. The molecule has 30 heavy (non-hydrogen) atoms. The Morgan fingerprint density at radius 1 is 1.13 bits per heavy atom. The van der Waals surface area contributed by atoms with Crippen LogP contribution in [0.3, 0.4) is 0 Å². The van der Waals surface area contributed by atoms with Gasteiger partial charge in [0.1, 0.15) is 19.0 Å². The second-order valence-corrected chi connectivity index (χ2v) is 7.78. The average molecular weight is 420 g/mol. The third-order valence-corrected chi connectivity index (χ3v) is 4.92. The Balaban J connectivity index is 1.54. The van der Waals surface area contributed by atoms with E-state index in [2.05, 4.69) is 10.1 Å². The summed E-state index contributed by atoms with van der Waals surface area (Å²) >= 11 is 0. The maximum atomic E-state index is 12.5. The molecule has 3 rings (SSSR count). The number of fused-ring (bicyclic) bond motifs is 1. The van der Waals surface area contributed by atoms with E-state index < -0.39 is 6.61 Å². The number of rotatable bonds is 7. The second-order valence-electron chi connectivity index (χ2n) is 7.78. The van der Waals surface area contributed by atoms with E-state index in [-0.39, 0.29) is 17.2 Å². The highest BCUT2D eigenvalue weighted by molar-refractivity contribution is 5.74. The van der Waals surface area contributed by atoms with Crippen LogP contribution in [0.2, 0.25) is 0 Å². The number of halogens is 2. The highest BCUT2D eigenvalue weighted by Crippen LogP contribution is 2.34. The maximum absolute atomic E-state index is 12.5. The van der Waals surface area contributed by atoms with E-state index in [0.29, 0.717) is 26.3 Å². The van der Waals surface area contributed by atoms with Gasteiger partial charge in [-0.2, -0.15) is 8.78 Å². The Kier molecular flexibility index (Phi) is 6.64. The number of carbonyl (C=O) groups is 1. The Morgan fingerprint density at radius 3 is 2.47 bits per heavy atom. The van der Waals surface area contributed by atoms with Gasteiger partial charge in [-0.3, -0.25) is 0 Å². The predicted octanol–water partition coefficient (Wildman–Crippen LogP) is 4.18. The van der Waals surface area contributed by atoms with Crippen molar-refractivity contribution in [3.8, 4) is 17.2 Å². The van der Waals surface area contributed by atoms with Crippen molar-refractivity contribution in [2.45, 2.75) is 32.4 Å². The van der Waals surface area contributed by atoms with Gasteiger partial charge in [0.15, 0.2) is 11.5 Å². The summed E-state index contributed by atoms with van der Waals surface area (Å²) in [5.41, 5.74) is 1.52. The number of hydrogen-bond donors (Lipinski definition) is 1. The minimum absolute atomic E-state index is 0.0852. The van der Waals surface area contributed by atoms with Crippen LogP contribution in [0.5, 0.6) is 17.2 Å². The van der Waals surface area contributed by atoms with Crippen LogP contribution >= 0.6 is 0 Å². The van der Waals surface area contributed by atoms with Crippen molar-refractivity contribution in [1.29, 1.82) is 0 Å². The molecule has 0 unspecified atom stereocenters. The predicted molar refractivity (Wildman–Crippen MR) is 108 cm³/mol. The molecule has 1 aliphatic heterocycles. The summed E-state index contributed by atoms with van der Waals surface area (Å²) in [5, 5.41) is 2.95. The Bertz CT molecular complexity index is 872. The van der Waals surface area contributed by atoms with Crippen molar-refractivity contribution >= 4 is 6.03 Å². The quantitative estimate of drug-likeness (QED) is 0.730. The van der Waals surface area contributed by atoms with Crippen LogP contribution < -0.4 is 19.5 Å². The molecule has 0 spiro atoms. The lowest BCUT2D eigenvalue weighted by Crippen LogP contribution is -2.42. The molecule has 0 saturated heterocycles. The van der Waals surface area contributed by atoms with Crippen LogP contribution in [0.25, 0.3) is 0 Å². The molecule has 6 nitrogen and oxygen atoms in total. The van der Waals surface area contributed by atoms with Crippen LogP contribution in [0.15, 0.2) is 42.5 Å². The van der Waals surface area contributed by atoms with Crippen LogP contribution in [0.4, 0.5) is 13.6 Å². The molecule has 1 aliphatic rings. The molecule has 2 aromatic carbocycles. The minimum Gasteiger partial charge on any atom is -0.486 e. The molecule has 1 N–H and O–H groups in total. The fourth-order valence-electron chi connectivity index (χ4n) is 3.12. The molecule has 0 atom stereocenters. The van der Waals surface area contributed by atoms with E-state index in [9.17, 15) is 13.6 Å². The van der Waals surface area contributed by atoms with E-state index in [1.54, 1.807) is 19.2 Å². The molecule has 0 aromatic heterocycles. The summed E-state index contributed by atoms with van der Waals surface area (Å²) < 4.78 is 40.0. The standard InChI is InChI=1S/C22H26F2N2O4/c1-22(2,16-6-9-18-19(12-16)29-11-10-28-18)14-25-21(27)26(3)13-15-4-7-17(8-5-15)30-20(23)24/h4-9,12,20H,10-11,13-14H2,1-3H3,(H,25,27). The molecule has 162 valence electrons. The Labute approximate surface area is 174 Å². The lowest BCUT2D eigenvalue weighted by molar-refractivity contribution is -0.0498. The van der Waals surface area contributed by atoms with E-state index in [0.717, 1.165) is 22.6 Å². The van der Waals surface area contributed by atoms with Crippen molar-refractivity contribution in [2.24, 2.45) is 0 Å². The Morgan fingerprint density at radius 2 is 1.80 bits per heavy atom. The summed E-state index contributed by atoms with van der Waals surface area (Å²) in [6.45, 7) is 3.05. The topological polar surface area (TPSA) is 60.0 Å². The third kappa shape index (κ3) is 5.52. The number of nitrogens with zero attached hydrogens (tertiary/aromatic N) is 1. The highest BCUT2D eigenvalue weighted by atomic mass is 19.3. The zero-order valence-corrected chi connectivity index (χ0v) is 17.3. The molecular formula is C22H26F2N2O4. The van der Waals surface area contributed by atoms with Gasteiger partial charge in [0.2, 0.25) is 0 Å². The van der Waals surface area contributed by atoms with Crippen molar-refractivity contribution in [1.82, 2.24) is 10.2 Å². The smallest absolute Gasteiger partial charge is 0.387 e. The third-order valence-electron chi connectivity index (χ3n) is 4.92. The zero-order valence-electron chi connectivity index (χ0n) is 17.3. The molecule has 0 saturated carbocycles. The largest absolute Gasteiger partial charge is 0.486 e. The van der Waals surface area contributed by atoms with Crippen molar-refractivity contribution < 1.29 is 27.8 Å². The van der Waals surface area contributed by atoms with E-state index in [4.69, 9.17) is 9.47 Å². The monoisotopic (exact) mass is 420 g/mol. The first kappa shape index (κ1) is 21.7. The van der Waals surface area contributed by atoms with Crippen LogP contribution in [-0.4, -0.2) is 44.3 Å². The number of benzene rings is 2. The number of hydrogen-bond acceptors (Lipinski definition) is 4. The molecular weight excluding hydrogens is 394 g/mol. The van der Waals surface area contributed by atoms with Crippen molar-refractivity contribution in [3.05, 3.63) is 53.6 Å². The molecule has 8 heteroatoms. The van der Waals surface area contributed by atoms with Crippen molar-refractivity contribution in [3.63, 3.8) is 0 Å². The van der Waals surface area contributed by atoms with Gasteiger partial charge in [-0.1, -0.05) is 32.0 Å². The van der Waals surface area contributed by atoms with E-state index in [1.807, 2.05) is 32.0 Å². The summed E-state index contributed by atoms with van der Waals surface area (Å²) in [7, 11) is 1.68. The normalized spacial score (nSPS) is 13.1. The summed E-state index contributed by atoms with van der Waals surface area (Å²) in [6.07, 6.45) is 0. The minimum atomic E-state index is -2.86. The first-order chi connectivity index (χ1) is 14.2. The Hall–Kier alpha value is -3.03. The van der Waals surface area contributed by atoms with Gasteiger partial charge in [0, 0.05) is 25.6 Å². The van der Waals surface area contributed by atoms with Gasteiger partial charge in [0.25, 0.3) is 0 Å². The van der Waals surface area contributed by atoms with Gasteiger partial charge < -0.3 is 24.4 Å². The molecule has 0 aliphatic carbocycles. The lowest BCUT2D eigenvalue weighted by Gasteiger charge is -2.29. The van der Waals surface area contributed by atoms with Gasteiger partial charge in [-0.15, -0.1) is 0 Å². The number of alkyl halides is 2. The first-order valence-corrected chi connectivity index (χ1v) is 9.67. The van der Waals surface area contributed by atoms with Crippen LogP contribution in [-0.2, 0) is 12.0 Å². The number of urea groups is 1. The summed E-state index contributed by atoms with van der Waals surface area (Å²) in [5.74, 6) is 1.53.